The molecule has 2 atom stereocenters. The van der Waals surface area contributed by atoms with Crippen molar-refractivity contribution in [3.8, 4) is 5.75 Å². The van der Waals surface area contributed by atoms with Crippen LogP contribution in [-0.4, -0.2) is 64.3 Å². The zero-order valence-electron chi connectivity index (χ0n) is 19.8. The third kappa shape index (κ3) is 7.02. The molecule has 182 valence electrons. The normalized spacial score (nSPS) is 20.2. The van der Waals surface area contributed by atoms with E-state index >= 15 is 0 Å². The SMILES string of the molecule is CN=C(NCC1CCN(c2cccc(OC)c2)C1)NCC(c1ccco1)N1CCCCC1.I. The van der Waals surface area contributed by atoms with E-state index in [2.05, 4.69) is 49.7 Å². The molecule has 4 rings (SSSR count). The molecule has 7 nitrogen and oxygen atoms in total. The summed E-state index contributed by atoms with van der Waals surface area (Å²) in [6.45, 7) is 6.06. The average Bonchev–Trinajstić information content (AvgIpc) is 3.55. The van der Waals surface area contributed by atoms with Gasteiger partial charge in [-0.15, -0.1) is 24.0 Å². The minimum absolute atomic E-state index is 0. The second-order valence-electron chi connectivity index (χ2n) is 8.76. The molecule has 2 saturated heterocycles. The van der Waals surface area contributed by atoms with Crippen LogP contribution in [0.3, 0.4) is 0 Å². The lowest BCUT2D eigenvalue weighted by atomic mass is 10.1. The van der Waals surface area contributed by atoms with Crippen LogP contribution >= 0.6 is 24.0 Å². The molecule has 2 aliphatic rings. The number of halogens is 1. The summed E-state index contributed by atoms with van der Waals surface area (Å²) >= 11 is 0. The molecule has 2 fully saturated rings. The molecular formula is C25H38IN5O2. The fourth-order valence-electron chi connectivity index (χ4n) is 4.82. The summed E-state index contributed by atoms with van der Waals surface area (Å²) in [5.74, 6) is 3.38. The van der Waals surface area contributed by atoms with Crippen LogP contribution in [0.15, 0.2) is 52.1 Å². The molecule has 0 radical (unpaired) electrons. The lowest BCUT2D eigenvalue weighted by molar-refractivity contribution is 0.146. The Bertz CT molecular complexity index is 854. The largest absolute Gasteiger partial charge is 0.497 e. The first-order chi connectivity index (χ1) is 15.8. The maximum absolute atomic E-state index is 5.77. The van der Waals surface area contributed by atoms with Gasteiger partial charge in [0.1, 0.15) is 11.5 Å². The van der Waals surface area contributed by atoms with Gasteiger partial charge in [0.05, 0.1) is 19.4 Å². The third-order valence-electron chi connectivity index (χ3n) is 6.65. The minimum atomic E-state index is 0. The molecule has 2 aromatic rings. The Labute approximate surface area is 215 Å². The molecule has 0 bridgehead atoms. The Hall–Kier alpha value is -1.94. The van der Waals surface area contributed by atoms with Crippen LogP contribution in [-0.2, 0) is 0 Å². The van der Waals surface area contributed by atoms with E-state index < -0.39 is 0 Å². The topological polar surface area (TPSA) is 65.3 Å². The standard InChI is InChI=1S/C25H37N5O2.HI/c1-26-25(28-18-23(24-10-7-15-32-24)29-12-4-3-5-13-29)27-17-20-11-14-30(19-20)21-8-6-9-22(16-21)31-2;/h6-10,15-16,20,23H,3-5,11-14,17-19H2,1-2H3,(H2,26,27,28);1H. The van der Waals surface area contributed by atoms with Crippen LogP contribution in [0.4, 0.5) is 5.69 Å². The molecule has 0 aliphatic carbocycles. The van der Waals surface area contributed by atoms with Crippen LogP contribution in [0.25, 0.3) is 0 Å². The quantitative estimate of drug-likeness (QED) is 0.284. The molecular weight excluding hydrogens is 529 g/mol. The van der Waals surface area contributed by atoms with Gasteiger partial charge in [-0.2, -0.15) is 0 Å². The zero-order chi connectivity index (χ0) is 22.2. The highest BCUT2D eigenvalue weighted by Gasteiger charge is 2.26. The van der Waals surface area contributed by atoms with Gasteiger partial charge in [0.15, 0.2) is 5.96 Å². The molecule has 8 heteroatoms. The highest BCUT2D eigenvalue weighted by Crippen LogP contribution is 2.27. The first-order valence-corrected chi connectivity index (χ1v) is 11.9. The molecule has 1 aromatic carbocycles. The first kappa shape index (κ1) is 25.7. The number of aliphatic imine (C=N–C) groups is 1. The summed E-state index contributed by atoms with van der Waals surface area (Å²) in [5, 5.41) is 7.09. The number of nitrogens with one attached hydrogen (secondary N) is 2. The van der Waals surface area contributed by atoms with E-state index in [1.807, 2.05) is 19.2 Å². The van der Waals surface area contributed by atoms with E-state index in [0.717, 1.165) is 56.7 Å². The van der Waals surface area contributed by atoms with Crippen molar-refractivity contribution in [1.82, 2.24) is 15.5 Å². The number of nitrogens with zero attached hydrogens (tertiary/aromatic N) is 3. The van der Waals surface area contributed by atoms with Crippen LogP contribution in [0.5, 0.6) is 5.75 Å². The maximum Gasteiger partial charge on any atom is 0.191 e. The van der Waals surface area contributed by atoms with E-state index in [1.54, 1.807) is 13.4 Å². The average molecular weight is 568 g/mol. The second-order valence-corrected chi connectivity index (χ2v) is 8.76. The number of benzene rings is 1. The molecule has 2 aliphatic heterocycles. The predicted molar refractivity (Wildman–Crippen MR) is 145 cm³/mol. The molecule has 0 amide bonds. The molecule has 2 N–H and O–H groups in total. The molecule has 2 unspecified atom stereocenters. The summed E-state index contributed by atoms with van der Waals surface area (Å²) in [7, 11) is 3.56. The Kier molecular flexibility index (Phi) is 10.2. The van der Waals surface area contributed by atoms with Crippen molar-refractivity contribution in [2.45, 2.75) is 31.7 Å². The van der Waals surface area contributed by atoms with Crippen LogP contribution in [0.1, 0.15) is 37.5 Å². The van der Waals surface area contributed by atoms with Gasteiger partial charge in [-0.3, -0.25) is 9.89 Å². The fraction of sp³-hybridized carbons (Fsp3) is 0.560. The van der Waals surface area contributed by atoms with Gasteiger partial charge in [-0.25, -0.2) is 0 Å². The number of furan rings is 1. The number of hydrogen-bond donors (Lipinski definition) is 2. The lowest BCUT2D eigenvalue weighted by Gasteiger charge is -2.33. The Morgan fingerprint density at radius 2 is 2.00 bits per heavy atom. The van der Waals surface area contributed by atoms with Gasteiger partial charge in [0.25, 0.3) is 0 Å². The smallest absolute Gasteiger partial charge is 0.191 e. The summed E-state index contributed by atoms with van der Waals surface area (Å²) in [4.78, 5) is 9.43. The Balaban J connectivity index is 0.00000306. The van der Waals surface area contributed by atoms with E-state index in [-0.39, 0.29) is 30.0 Å². The van der Waals surface area contributed by atoms with Crippen molar-refractivity contribution >= 4 is 35.6 Å². The monoisotopic (exact) mass is 567 g/mol. The summed E-state index contributed by atoms with van der Waals surface area (Å²) in [5.41, 5.74) is 1.23. The molecule has 0 spiro atoms. The number of methoxy groups -OCH3 is 1. The molecule has 33 heavy (non-hydrogen) atoms. The van der Waals surface area contributed by atoms with Crippen molar-refractivity contribution in [3.63, 3.8) is 0 Å². The fourth-order valence-corrected chi connectivity index (χ4v) is 4.82. The summed E-state index contributed by atoms with van der Waals surface area (Å²) in [6.07, 6.45) is 6.79. The van der Waals surface area contributed by atoms with Gasteiger partial charge < -0.3 is 24.7 Å². The molecule has 3 heterocycles. The second kappa shape index (κ2) is 13.1. The van der Waals surface area contributed by atoms with Crippen molar-refractivity contribution in [3.05, 3.63) is 48.4 Å². The van der Waals surface area contributed by atoms with Crippen LogP contribution < -0.4 is 20.3 Å². The predicted octanol–water partition coefficient (Wildman–Crippen LogP) is 4.12. The maximum atomic E-state index is 5.77. The molecule has 0 saturated carbocycles. The van der Waals surface area contributed by atoms with Gasteiger partial charge >= 0.3 is 0 Å². The van der Waals surface area contributed by atoms with Crippen LogP contribution in [0, 0.1) is 5.92 Å². The number of likely N-dealkylation sites (tertiary alicyclic amines) is 1. The third-order valence-corrected chi connectivity index (χ3v) is 6.65. The lowest BCUT2D eigenvalue weighted by Crippen LogP contribution is -2.45. The minimum Gasteiger partial charge on any atom is -0.497 e. The van der Waals surface area contributed by atoms with Crippen molar-refractivity contribution in [2.24, 2.45) is 10.9 Å². The first-order valence-electron chi connectivity index (χ1n) is 11.9. The van der Waals surface area contributed by atoms with E-state index in [1.165, 1.54) is 31.4 Å². The number of hydrogen-bond acceptors (Lipinski definition) is 5. The van der Waals surface area contributed by atoms with Crippen molar-refractivity contribution in [1.29, 1.82) is 0 Å². The van der Waals surface area contributed by atoms with Gasteiger partial charge in [0.2, 0.25) is 0 Å². The number of piperidine rings is 1. The molecule has 1 aromatic heterocycles. The van der Waals surface area contributed by atoms with Gasteiger partial charge in [-0.05, 0) is 62.5 Å². The summed E-state index contributed by atoms with van der Waals surface area (Å²) in [6, 6.07) is 12.6. The Morgan fingerprint density at radius 3 is 2.73 bits per heavy atom. The number of anilines is 1. The van der Waals surface area contributed by atoms with E-state index in [4.69, 9.17) is 9.15 Å². The highest BCUT2D eigenvalue weighted by atomic mass is 127. The number of ether oxygens (including phenoxy) is 1. The number of guanidine groups is 1. The van der Waals surface area contributed by atoms with E-state index in [0.29, 0.717) is 5.92 Å². The van der Waals surface area contributed by atoms with Crippen molar-refractivity contribution < 1.29 is 9.15 Å². The summed E-state index contributed by atoms with van der Waals surface area (Å²) < 4.78 is 11.1. The van der Waals surface area contributed by atoms with Crippen molar-refractivity contribution in [2.75, 3.05) is 58.3 Å². The van der Waals surface area contributed by atoms with E-state index in [9.17, 15) is 0 Å². The zero-order valence-corrected chi connectivity index (χ0v) is 22.2. The van der Waals surface area contributed by atoms with Gasteiger partial charge in [0, 0.05) is 45.0 Å². The Morgan fingerprint density at radius 1 is 1.15 bits per heavy atom. The van der Waals surface area contributed by atoms with Gasteiger partial charge in [-0.1, -0.05) is 12.5 Å². The van der Waals surface area contributed by atoms with Crippen LogP contribution in [0.2, 0.25) is 0 Å². The highest BCUT2D eigenvalue weighted by molar-refractivity contribution is 14.0. The number of rotatable bonds is 8.